The third kappa shape index (κ3) is 6.10. The van der Waals surface area contributed by atoms with Gasteiger partial charge in [-0.1, -0.05) is 18.2 Å². The summed E-state index contributed by atoms with van der Waals surface area (Å²) < 4.78 is 0. The molecule has 184 valence electrons. The summed E-state index contributed by atoms with van der Waals surface area (Å²) in [6, 6.07) is 2.75. The van der Waals surface area contributed by atoms with Gasteiger partial charge in [0.05, 0.1) is 19.3 Å². The van der Waals surface area contributed by atoms with Gasteiger partial charge in [0.15, 0.2) is 0 Å². The normalized spacial score (nSPS) is 18.1. The van der Waals surface area contributed by atoms with Crippen molar-refractivity contribution in [1.82, 2.24) is 26.3 Å². The van der Waals surface area contributed by atoms with Gasteiger partial charge >= 0.3 is 5.97 Å². The molecule has 3 amide bonds. The van der Waals surface area contributed by atoms with Crippen LogP contribution < -0.4 is 21.3 Å². The molecule has 34 heavy (non-hydrogen) atoms. The zero-order chi connectivity index (χ0) is 24.7. The molecule has 0 aliphatic carbocycles. The van der Waals surface area contributed by atoms with E-state index >= 15 is 0 Å². The first kappa shape index (κ1) is 25.1. The van der Waals surface area contributed by atoms with Crippen molar-refractivity contribution in [3.63, 3.8) is 0 Å². The summed E-state index contributed by atoms with van der Waals surface area (Å²) in [5.74, 6) is -3.50. The quantitative estimate of drug-likeness (QED) is 0.183. The van der Waals surface area contributed by atoms with Crippen LogP contribution in [0.5, 0.6) is 0 Å². The van der Waals surface area contributed by atoms with Gasteiger partial charge in [0, 0.05) is 23.5 Å². The van der Waals surface area contributed by atoms with Crippen LogP contribution in [0, 0.1) is 0 Å². The van der Waals surface area contributed by atoms with E-state index in [0.29, 0.717) is 18.5 Å². The number of aliphatic carboxylic acids is 1. The molecule has 12 nitrogen and oxygen atoms in total. The highest BCUT2D eigenvalue weighted by Gasteiger charge is 2.31. The Bertz CT molecular complexity index is 1030. The Labute approximate surface area is 195 Å². The van der Waals surface area contributed by atoms with E-state index in [1.165, 1.54) is 0 Å². The number of rotatable bonds is 11. The predicted octanol–water partition coefficient (Wildman–Crippen LogP) is -2.01. The molecule has 2 heterocycles. The van der Waals surface area contributed by atoms with E-state index < -0.39 is 61.1 Å². The highest BCUT2D eigenvalue weighted by Crippen LogP contribution is 2.19. The second-order valence-corrected chi connectivity index (χ2v) is 8.10. The molecule has 1 fully saturated rings. The fourth-order valence-electron chi connectivity index (χ4n) is 3.83. The van der Waals surface area contributed by atoms with Crippen molar-refractivity contribution in [3.05, 3.63) is 36.0 Å². The number of nitrogens with one attached hydrogen (secondary N) is 5. The number of H-pyrrole nitrogens is 1. The van der Waals surface area contributed by atoms with Gasteiger partial charge < -0.3 is 41.6 Å². The molecule has 3 rings (SSSR count). The predicted molar refractivity (Wildman–Crippen MR) is 121 cm³/mol. The maximum Gasteiger partial charge on any atom is 0.328 e. The molecule has 0 radical (unpaired) electrons. The molecule has 1 aromatic carbocycles. The van der Waals surface area contributed by atoms with E-state index in [0.717, 1.165) is 17.3 Å². The number of carboxylic acid groups (broad SMARTS) is 1. The van der Waals surface area contributed by atoms with E-state index in [-0.39, 0.29) is 6.42 Å². The van der Waals surface area contributed by atoms with Gasteiger partial charge in [0.2, 0.25) is 17.7 Å². The third-order valence-electron chi connectivity index (χ3n) is 5.72. The number of hydrogen-bond acceptors (Lipinski definition) is 7. The van der Waals surface area contributed by atoms with Crippen molar-refractivity contribution >= 4 is 34.6 Å². The zero-order valence-electron chi connectivity index (χ0n) is 18.4. The largest absolute Gasteiger partial charge is 0.480 e. The molecule has 1 aromatic heterocycles. The summed E-state index contributed by atoms with van der Waals surface area (Å²) in [4.78, 5) is 52.4. The molecule has 4 atom stereocenters. The van der Waals surface area contributed by atoms with Gasteiger partial charge in [0.25, 0.3) is 0 Å². The number of para-hydroxylation sites is 1. The molecular weight excluding hydrogens is 446 g/mol. The highest BCUT2D eigenvalue weighted by molar-refractivity contribution is 5.95. The second kappa shape index (κ2) is 11.6. The standard InChI is InChI=1S/C22H29N5O7/c28-10-17(26-19(30)15-6-3-7-23-15)21(32)25-16(20(31)27-18(11-29)22(33)34)8-12-9-24-14-5-2-1-4-13(12)14/h1-2,4-5,9,15-18,23-24,28-29H,3,6-8,10-11H2,(H,25,32)(H,26,30)(H,27,31)(H,33,34). The number of carboxylic acids is 1. The smallest absolute Gasteiger partial charge is 0.328 e. The molecule has 0 saturated carbocycles. The fraction of sp³-hybridized carbons (Fsp3) is 0.455. The maximum atomic E-state index is 12.9. The van der Waals surface area contributed by atoms with E-state index in [9.17, 15) is 29.4 Å². The number of carbonyl (C=O) groups excluding carboxylic acids is 3. The summed E-state index contributed by atoms with van der Waals surface area (Å²) in [6.45, 7) is -0.852. The van der Waals surface area contributed by atoms with Crippen LogP contribution in [0.3, 0.4) is 0 Å². The number of hydrogen-bond donors (Lipinski definition) is 8. The molecule has 8 N–H and O–H groups in total. The Morgan fingerprint density at radius 2 is 1.65 bits per heavy atom. The van der Waals surface area contributed by atoms with Crippen molar-refractivity contribution in [1.29, 1.82) is 0 Å². The maximum absolute atomic E-state index is 12.9. The SMILES string of the molecule is O=C(O)C(CO)NC(=O)C(Cc1c[nH]c2ccccc12)NC(=O)C(CO)NC(=O)C1CCCN1. The molecule has 0 spiro atoms. The third-order valence-corrected chi connectivity index (χ3v) is 5.72. The molecule has 1 aliphatic rings. The lowest BCUT2D eigenvalue weighted by molar-refractivity contribution is -0.143. The Morgan fingerprint density at radius 3 is 2.29 bits per heavy atom. The minimum atomic E-state index is -1.56. The van der Waals surface area contributed by atoms with Gasteiger partial charge in [-0.3, -0.25) is 14.4 Å². The Kier molecular flexibility index (Phi) is 8.57. The molecule has 1 aliphatic heterocycles. The first-order chi connectivity index (χ1) is 16.3. The summed E-state index contributed by atoms with van der Waals surface area (Å²) in [7, 11) is 0. The van der Waals surface area contributed by atoms with E-state index in [1.54, 1.807) is 6.20 Å². The summed E-state index contributed by atoms with van der Waals surface area (Å²) in [6.07, 6.45) is 3.09. The number of aromatic nitrogens is 1. The zero-order valence-corrected chi connectivity index (χ0v) is 18.4. The first-order valence-electron chi connectivity index (χ1n) is 11.0. The summed E-state index contributed by atoms with van der Waals surface area (Å²) in [5.41, 5.74) is 1.50. The topological polar surface area (TPSA) is 193 Å². The minimum Gasteiger partial charge on any atom is -0.480 e. The molecule has 2 aromatic rings. The van der Waals surface area contributed by atoms with Gasteiger partial charge in [0.1, 0.15) is 18.1 Å². The van der Waals surface area contributed by atoms with Crippen LogP contribution in [0.1, 0.15) is 18.4 Å². The van der Waals surface area contributed by atoms with Gasteiger partial charge in [-0.2, -0.15) is 0 Å². The second-order valence-electron chi connectivity index (χ2n) is 8.10. The lowest BCUT2D eigenvalue weighted by Crippen LogP contribution is -2.58. The van der Waals surface area contributed by atoms with Crippen molar-refractivity contribution in [2.45, 2.75) is 43.4 Å². The van der Waals surface area contributed by atoms with Gasteiger partial charge in [-0.15, -0.1) is 0 Å². The summed E-state index contributed by atoms with van der Waals surface area (Å²) in [5, 5.41) is 39.1. The van der Waals surface area contributed by atoms with Crippen LogP contribution in [-0.2, 0) is 25.6 Å². The molecule has 12 heteroatoms. The number of aliphatic hydroxyl groups is 2. The van der Waals surface area contributed by atoms with Crippen LogP contribution in [0.4, 0.5) is 0 Å². The summed E-state index contributed by atoms with van der Waals surface area (Å²) >= 11 is 0. The van der Waals surface area contributed by atoms with Crippen LogP contribution >= 0.6 is 0 Å². The van der Waals surface area contributed by atoms with Crippen molar-refractivity contribution in [2.24, 2.45) is 0 Å². The average molecular weight is 476 g/mol. The monoisotopic (exact) mass is 475 g/mol. The number of carbonyl (C=O) groups is 4. The number of amides is 3. The van der Waals surface area contributed by atoms with Crippen LogP contribution in [-0.4, -0.2) is 87.9 Å². The van der Waals surface area contributed by atoms with Crippen LogP contribution in [0.15, 0.2) is 30.5 Å². The Morgan fingerprint density at radius 1 is 0.971 bits per heavy atom. The minimum absolute atomic E-state index is 0.00434. The van der Waals surface area contributed by atoms with Crippen molar-refractivity contribution < 1.29 is 34.5 Å². The van der Waals surface area contributed by atoms with E-state index in [4.69, 9.17) is 5.11 Å². The van der Waals surface area contributed by atoms with Crippen LogP contribution in [0.25, 0.3) is 10.9 Å². The number of benzene rings is 1. The molecular formula is C22H29N5O7. The van der Waals surface area contributed by atoms with Crippen LogP contribution in [0.2, 0.25) is 0 Å². The Hall–Kier alpha value is -3.48. The average Bonchev–Trinajstić information content (AvgIpc) is 3.50. The van der Waals surface area contributed by atoms with Gasteiger partial charge in [-0.25, -0.2) is 4.79 Å². The molecule has 0 bridgehead atoms. The number of aliphatic hydroxyl groups excluding tert-OH is 2. The number of fused-ring (bicyclic) bond motifs is 1. The highest BCUT2D eigenvalue weighted by atomic mass is 16.4. The number of aromatic amines is 1. The van der Waals surface area contributed by atoms with E-state index in [1.807, 2.05) is 24.3 Å². The molecule has 4 unspecified atom stereocenters. The van der Waals surface area contributed by atoms with Gasteiger partial charge in [-0.05, 0) is 31.0 Å². The Balaban J connectivity index is 1.77. The lowest BCUT2D eigenvalue weighted by atomic mass is 10.0. The van der Waals surface area contributed by atoms with Crippen molar-refractivity contribution in [2.75, 3.05) is 19.8 Å². The van der Waals surface area contributed by atoms with E-state index in [2.05, 4.69) is 26.3 Å². The lowest BCUT2D eigenvalue weighted by Gasteiger charge is -2.24. The molecule has 1 saturated heterocycles. The first-order valence-corrected chi connectivity index (χ1v) is 11.0. The van der Waals surface area contributed by atoms with Crippen molar-refractivity contribution in [3.8, 4) is 0 Å². The fourth-order valence-corrected chi connectivity index (χ4v) is 3.83.